The Labute approximate surface area is 91.0 Å². The molecule has 0 bridgehead atoms. The highest BCUT2D eigenvalue weighted by molar-refractivity contribution is 5.55. The van der Waals surface area contributed by atoms with Crippen LogP contribution in [0, 0.1) is 0 Å². The zero-order chi connectivity index (χ0) is 10.5. The molecule has 0 aliphatic rings. The molecule has 15 heavy (non-hydrogen) atoms. The molecule has 0 radical (unpaired) electrons. The molecule has 1 aromatic heterocycles. The lowest BCUT2D eigenvalue weighted by Gasteiger charge is -2.02. The van der Waals surface area contributed by atoms with Gasteiger partial charge in [-0.15, -0.1) is 0 Å². The minimum absolute atomic E-state index is 1.07. The highest BCUT2D eigenvalue weighted by atomic mass is 14.9. The number of rotatable bonds is 3. The second kappa shape index (κ2) is 4.74. The van der Waals surface area contributed by atoms with Crippen LogP contribution in [-0.4, -0.2) is 0 Å². The zero-order valence-corrected chi connectivity index (χ0v) is 9.06. The molecule has 1 aromatic carbocycles. The lowest BCUT2D eigenvalue weighted by atomic mass is 10.1. The first-order valence-corrected chi connectivity index (χ1v) is 5.45. The monoisotopic (exact) mass is 198 g/mol. The number of pyridine rings is 1. The van der Waals surface area contributed by atoms with Crippen molar-refractivity contribution in [2.75, 3.05) is 0 Å². The minimum Gasteiger partial charge on any atom is -0.198 e. The summed E-state index contributed by atoms with van der Waals surface area (Å²) in [4.78, 5) is 0. The first-order valence-electron chi connectivity index (χ1n) is 5.45. The van der Waals surface area contributed by atoms with E-state index < -0.39 is 0 Å². The van der Waals surface area contributed by atoms with Crippen LogP contribution in [0.15, 0.2) is 54.7 Å². The standard InChI is InChI=1S/C14H16N/c1-2-11-15-12-7-6-10-14(15)13-8-4-3-5-9-13/h3-10,12H,2,11H2,1H3/q+1. The third-order valence-electron chi connectivity index (χ3n) is 2.47. The number of hydrogen-bond acceptors (Lipinski definition) is 0. The molecule has 0 aliphatic carbocycles. The van der Waals surface area contributed by atoms with Crippen molar-refractivity contribution in [3.63, 3.8) is 0 Å². The van der Waals surface area contributed by atoms with Crippen molar-refractivity contribution >= 4 is 0 Å². The van der Waals surface area contributed by atoms with Gasteiger partial charge in [-0.25, -0.2) is 0 Å². The average molecular weight is 198 g/mol. The van der Waals surface area contributed by atoms with Crippen LogP contribution in [0.5, 0.6) is 0 Å². The normalized spacial score (nSPS) is 10.2. The van der Waals surface area contributed by atoms with E-state index in [1.54, 1.807) is 0 Å². The Morgan fingerprint density at radius 2 is 1.67 bits per heavy atom. The molecule has 0 spiro atoms. The lowest BCUT2D eigenvalue weighted by molar-refractivity contribution is -0.686. The van der Waals surface area contributed by atoms with E-state index in [1.165, 1.54) is 11.3 Å². The van der Waals surface area contributed by atoms with E-state index in [4.69, 9.17) is 0 Å². The van der Waals surface area contributed by atoms with Gasteiger partial charge in [-0.3, -0.25) is 0 Å². The Morgan fingerprint density at radius 3 is 2.40 bits per heavy atom. The summed E-state index contributed by atoms with van der Waals surface area (Å²) in [6.45, 7) is 3.28. The van der Waals surface area contributed by atoms with Crippen molar-refractivity contribution < 1.29 is 4.57 Å². The molecule has 0 atom stereocenters. The molecular formula is C14H16N+. The molecular weight excluding hydrogens is 182 g/mol. The van der Waals surface area contributed by atoms with Gasteiger partial charge in [0.25, 0.3) is 0 Å². The smallest absolute Gasteiger partial charge is 0.198 e. The van der Waals surface area contributed by atoms with E-state index >= 15 is 0 Å². The molecule has 0 aliphatic heterocycles. The maximum Gasteiger partial charge on any atom is 0.212 e. The maximum absolute atomic E-state index is 2.30. The Kier molecular flexibility index (Phi) is 3.13. The molecule has 0 saturated carbocycles. The molecule has 0 unspecified atom stereocenters. The fourth-order valence-electron chi connectivity index (χ4n) is 1.78. The van der Waals surface area contributed by atoms with Crippen molar-refractivity contribution in [3.05, 3.63) is 54.7 Å². The van der Waals surface area contributed by atoms with Crippen LogP contribution >= 0.6 is 0 Å². The summed E-state index contributed by atoms with van der Waals surface area (Å²) in [5.41, 5.74) is 2.58. The molecule has 0 fully saturated rings. The Balaban J connectivity index is 2.43. The van der Waals surface area contributed by atoms with Crippen LogP contribution in [0.2, 0.25) is 0 Å². The van der Waals surface area contributed by atoms with E-state index in [0.29, 0.717) is 0 Å². The summed E-state index contributed by atoms with van der Waals surface area (Å²) in [5.74, 6) is 0. The molecule has 0 saturated heterocycles. The highest BCUT2D eigenvalue weighted by Gasteiger charge is 2.09. The van der Waals surface area contributed by atoms with Crippen LogP contribution in [0.1, 0.15) is 13.3 Å². The van der Waals surface area contributed by atoms with Crippen molar-refractivity contribution in [3.8, 4) is 11.3 Å². The Morgan fingerprint density at radius 1 is 0.933 bits per heavy atom. The van der Waals surface area contributed by atoms with Gasteiger partial charge in [-0.1, -0.05) is 25.1 Å². The molecule has 1 heterocycles. The van der Waals surface area contributed by atoms with Crippen LogP contribution in [0.4, 0.5) is 0 Å². The van der Waals surface area contributed by atoms with Gasteiger partial charge in [0.2, 0.25) is 5.69 Å². The summed E-state index contributed by atoms with van der Waals surface area (Å²) < 4.78 is 2.30. The van der Waals surface area contributed by atoms with Gasteiger partial charge in [-0.05, 0) is 18.2 Å². The minimum atomic E-state index is 1.07. The zero-order valence-electron chi connectivity index (χ0n) is 9.06. The predicted octanol–water partition coefficient (Wildman–Crippen LogP) is 3.05. The van der Waals surface area contributed by atoms with Crippen LogP contribution < -0.4 is 4.57 Å². The van der Waals surface area contributed by atoms with Crippen LogP contribution in [0.3, 0.4) is 0 Å². The topological polar surface area (TPSA) is 3.88 Å². The maximum atomic E-state index is 2.30. The second-order valence-electron chi connectivity index (χ2n) is 3.65. The van der Waals surface area contributed by atoms with E-state index in [1.807, 2.05) is 0 Å². The van der Waals surface area contributed by atoms with Gasteiger partial charge < -0.3 is 0 Å². The SMILES string of the molecule is CCC[n+]1ccccc1-c1ccccc1. The number of benzene rings is 1. The lowest BCUT2D eigenvalue weighted by Crippen LogP contribution is -2.35. The second-order valence-corrected chi connectivity index (χ2v) is 3.65. The van der Waals surface area contributed by atoms with Crippen molar-refractivity contribution in [1.82, 2.24) is 0 Å². The van der Waals surface area contributed by atoms with Gasteiger partial charge in [0.15, 0.2) is 6.20 Å². The predicted molar refractivity (Wildman–Crippen MR) is 62.4 cm³/mol. The van der Waals surface area contributed by atoms with Crippen molar-refractivity contribution in [2.24, 2.45) is 0 Å². The molecule has 2 rings (SSSR count). The van der Waals surface area contributed by atoms with E-state index in [9.17, 15) is 0 Å². The number of aromatic nitrogens is 1. The Bertz CT molecular complexity index is 420. The average Bonchev–Trinajstić information content (AvgIpc) is 2.31. The molecule has 0 N–H and O–H groups in total. The van der Waals surface area contributed by atoms with Gasteiger partial charge in [0, 0.05) is 24.1 Å². The van der Waals surface area contributed by atoms with Crippen molar-refractivity contribution in [1.29, 1.82) is 0 Å². The van der Waals surface area contributed by atoms with Gasteiger partial charge in [0.1, 0.15) is 6.54 Å². The van der Waals surface area contributed by atoms with E-state index in [0.717, 1.165) is 13.0 Å². The third kappa shape index (κ3) is 2.24. The first-order chi connectivity index (χ1) is 7.42. The quantitative estimate of drug-likeness (QED) is 0.667. The fraction of sp³-hybridized carbons (Fsp3) is 0.214. The van der Waals surface area contributed by atoms with Gasteiger partial charge >= 0.3 is 0 Å². The molecule has 1 heteroatoms. The highest BCUT2D eigenvalue weighted by Crippen LogP contribution is 2.13. The van der Waals surface area contributed by atoms with Crippen LogP contribution in [0.25, 0.3) is 11.3 Å². The number of nitrogens with zero attached hydrogens (tertiary/aromatic N) is 1. The summed E-state index contributed by atoms with van der Waals surface area (Å²) in [7, 11) is 0. The molecule has 1 nitrogen and oxygen atoms in total. The Hall–Kier alpha value is -1.63. The third-order valence-corrected chi connectivity index (χ3v) is 2.47. The van der Waals surface area contributed by atoms with E-state index in [2.05, 4.69) is 66.2 Å². The summed E-state index contributed by atoms with van der Waals surface area (Å²) in [6, 6.07) is 16.9. The summed E-state index contributed by atoms with van der Waals surface area (Å²) in [6.07, 6.45) is 3.31. The van der Waals surface area contributed by atoms with Crippen molar-refractivity contribution in [2.45, 2.75) is 19.9 Å². The van der Waals surface area contributed by atoms with Gasteiger partial charge in [-0.2, -0.15) is 4.57 Å². The van der Waals surface area contributed by atoms with Crippen LogP contribution in [-0.2, 0) is 6.54 Å². The first kappa shape index (κ1) is 9.91. The number of hydrogen-bond donors (Lipinski definition) is 0. The van der Waals surface area contributed by atoms with Gasteiger partial charge in [0.05, 0.1) is 0 Å². The fourth-order valence-corrected chi connectivity index (χ4v) is 1.78. The molecule has 2 aromatic rings. The number of aryl methyl sites for hydroxylation is 1. The summed E-state index contributed by atoms with van der Waals surface area (Å²) in [5, 5.41) is 0. The molecule has 76 valence electrons. The van der Waals surface area contributed by atoms with E-state index in [-0.39, 0.29) is 0 Å². The molecule has 0 amide bonds. The summed E-state index contributed by atoms with van der Waals surface area (Å²) >= 11 is 0. The largest absolute Gasteiger partial charge is 0.212 e.